The maximum absolute atomic E-state index is 13.7. The van der Waals surface area contributed by atoms with E-state index in [-0.39, 0.29) is 49.8 Å². The van der Waals surface area contributed by atoms with Gasteiger partial charge < -0.3 is 49.3 Å². The zero-order valence-corrected chi connectivity index (χ0v) is 63.2. The van der Waals surface area contributed by atoms with E-state index in [2.05, 4.69) is 159 Å². The molecular weight excluding hydrogens is 1300 g/mol. The average Bonchev–Trinajstić information content (AvgIpc) is 1.62. The van der Waals surface area contributed by atoms with Crippen LogP contribution >= 0.6 is 22.9 Å². The lowest BCUT2D eigenvalue weighted by Crippen LogP contribution is -2.20. The predicted molar refractivity (Wildman–Crippen MR) is 414 cm³/mol. The molecule has 21 nitrogen and oxygen atoms in total. The first kappa shape index (κ1) is 75.8. The van der Waals surface area contributed by atoms with Gasteiger partial charge in [-0.2, -0.15) is 24.2 Å². The van der Waals surface area contributed by atoms with Crippen LogP contribution in [-0.4, -0.2) is 67.3 Å². The summed E-state index contributed by atoms with van der Waals surface area (Å²) in [6.07, 6.45) is 15.8. The highest BCUT2D eigenvalue weighted by atomic mass is 32.1. The first-order valence-corrected chi connectivity index (χ1v) is 34.5. The van der Waals surface area contributed by atoms with Gasteiger partial charge in [0.25, 0.3) is 0 Å². The van der Waals surface area contributed by atoms with Gasteiger partial charge in [-0.25, -0.2) is 37.7 Å². The van der Waals surface area contributed by atoms with Crippen LogP contribution in [-0.2, 0) is 38.2 Å². The number of anilines is 7. The van der Waals surface area contributed by atoms with Crippen molar-refractivity contribution in [3.8, 4) is 0 Å². The van der Waals surface area contributed by atoms with Crippen molar-refractivity contribution in [3.05, 3.63) is 172 Å². The molecular formula is C75H99F2N21S2. The Hall–Kier alpha value is -10.0. The summed E-state index contributed by atoms with van der Waals surface area (Å²) in [5.41, 5.74) is 53.6. The Kier molecular flexibility index (Phi) is 21.7. The third-order valence-electron chi connectivity index (χ3n) is 16.1. The molecule has 0 fully saturated rings. The number of hydrogen-bond acceptors (Lipinski definition) is 18. The van der Waals surface area contributed by atoms with Gasteiger partial charge in [0.05, 0.1) is 55.8 Å². The highest BCUT2D eigenvalue weighted by Crippen LogP contribution is 2.38. The highest BCUT2D eigenvalue weighted by Gasteiger charge is 2.26. The molecule has 0 amide bonds. The van der Waals surface area contributed by atoms with Crippen molar-refractivity contribution in [2.75, 3.05) is 40.1 Å². The van der Waals surface area contributed by atoms with Crippen LogP contribution in [0.4, 0.5) is 48.9 Å². The molecule has 530 valence electrons. The van der Waals surface area contributed by atoms with E-state index in [1.807, 2.05) is 105 Å². The number of nitrogens with two attached hydrogens (primary N) is 7. The Morgan fingerprint density at radius 2 is 0.960 bits per heavy atom. The van der Waals surface area contributed by atoms with E-state index in [4.69, 9.17) is 40.1 Å². The average molecular weight is 1400 g/mol. The number of rotatable bonds is 0. The van der Waals surface area contributed by atoms with Crippen LogP contribution in [0.25, 0.3) is 60.6 Å². The molecule has 0 unspecified atom stereocenters. The second kappa shape index (κ2) is 28.7. The van der Waals surface area contributed by atoms with E-state index < -0.39 is 0 Å². The van der Waals surface area contributed by atoms with E-state index in [9.17, 15) is 8.78 Å². The van der Waals surface area contributed by atoms with E-state index in [0.717, 1.165) is 72.2 Å². The highest BCUT2D eigenvalue weighted by molar-refractivity contribution is 7.11. The number of nitrogen functional groups attached to an aromatic ring is 7. The number of pyridine rings is 2. The Labute approximate surface area is 592 Å². The van der Waals surface area contributed by atoms with Crippen LogP contribution < -0.4 is 40.1 Å². The fraction of sp³-hybridized carbons (Fsp3) is 0.373. The number of aromatic nitrogens is 14. The van der Waals surface area contributed by atoms with Gasteiger partial charge in [0.2, 0.25) is 0 Å². The molecule has 0 radical (unpaired) electrons. The second-order valence-electron chi connectivity index (χ2n) is 31.6. The van der Waals surface area contributed by atoms with Crippen molar-refractivity contribution >= 4 is 123 Å². The van der Waals surface area contributed by atoms with Gasteiger partial charge in [-0.05, 0) is 137 Å². The molecule has 1 aromatic carbocycles. The molecule has 13 heterocycles. The van der Waals surface area contributed by atoms with Crippen molar-refractivity contribution in [1.82, 2.24) is 67.3 Å². The largest absolute Gasteiger partial charge is 0.398 e. The normalized spacial score (nSPS) is 12.2. The SMILES string of the molecule is CC(C)(C)c1cc(F)c2c(N)ccnn12.CC(C)(C)c1ccc2c(N)ccnn12.CC(C)(C)c1cnn2c(N)ccnc12.CC(C)(C)c1scc2c(N)ncnc12.CC(C)(C)c1snc2c(N)ccnc12.CC(C)(C)n1ccc2c(N)ccc(F)c21.CC(C)(C)n1ccc2c(N)ccnc21. The third kappa shape index (κ3) is 16.8. The lowest BCUT2D eigenvalue weighted by molar-refractivity contribution is 0.406. The van der Waals surface area contributed by atoms with Gasteiger partial charge in [-0.3, -0.25) is 4.98 Å². The fourth-order valence-corrected chi connectivity index (χ4v) is 12.8. The molecule has 0 spiro atoms. The molecule has 0 bridgehead atoms. The molecule has 0 saturated carbocycles. The fourth-order valence-electron chi connectivity index (χ4n) is 10.9. The molecule has 100 heavy (non-hydrogen) atoms. The number of hydrogen-bond donors (Lipinski definition) is 7. The van der Waals surface area contributed by atoms with Gasteiger partial charge in [0, 0.05) is 114 Å². The lowest BCUT2D eigenvalue weighted by Gasteiger charge is -2.22. The molecule has 0 saturated heterocycles. The molecule has 0 aliphatic heterocycles. The Morgan fingerprint density at radius 3 is 1.58 bits per heavy atom. The maximum Gasteiger partial charge on any atom is 0.161 e. The number of benzene rings is 1. The molecule has 14 N–H and O–H groups in total. The van der Waals surface area contributed by atoms with Crippen molar-refractivity contribution in [3.63, 3.8) is 0 Å². The lowest BCUT2D eigenvalue weighted by atomic mass is 9.89. The molecule has 0 atom stereocenters. The standard InChI is InChI=1S/C12H15FN2.C11H14FN3.2C11H15N3.C10H14N4.2C10H13N3S/c1-12(2,3)15-7-6-8-10(14)5-4-9(13)11(8)15;1-11(2,3)9-6-7(12)10-8(13)4-5-14-15(9)10;1-11(2,3)14-7-5-8-9(12)4-6-13-10(8)14;1-11(2,3)10-5-4-9-8(12)6-7-13-14(9)10;1-10(2,3)7-6-13-14-8(11)4-5-12-9(7)14;1-10(2,3)8-7-6(4-14-8)9(11)13-5-12-7;1-10(2,3)9-8-7(13-14-9)6(11)4-5-12-8/h4-7H,14H2,1-3H3;4-6H,13H2,1-3H3;4-7H,1-3H3,(H2,12,13);4-7H,12H2,1-3H3;4-6H,11H2,1-3H3;4-5H,1-3H3,(H2,11,12,13);4-5H,11H2,1-3H3. The zero-order valence-electron chi connectivity index (χ0n) is 61.6. The van der Waals surface area contributed by atoms with Crippen LogP contribution in [0.1, 0.15) is 172 Å². The second-order valence-corrected chi connectivity index (χ2v) is 33.2. The smallest absolute Gasteiger partial charge is 0.161 e. The third-order valence-corrected chi connectivity index (χ3v) is 18.7. The van der Waals surface area contributed by atoms with Crippen molar-refractivity contribution in [2.24, 2.45) is 0 Å². The van der Waals surface area contributed by atoms with E-state index in [0.29, 0.717) is 39.7 Å². The molecule has 25 heteroatoms. The summed E-state index contributed by atoms with van der Waals surface area (Å²) in [4.78, 5) is 23.7. The first-order valence-electron chi connectivity index (χ1n) is 32.8. The van der Waals surface area contributed by atoms with E-state index in [1.165, 1.54) is 45.4 Å². The van der Waals surface area contributed by atoms with Gasteiger partial charge in [-0.15, -0.1) is 11.3 Å². The summed E-state index contributed by atoms with van der Waals surface area (Å²) < 4.78 is 40.9. The zero-order chi connectivity index (χ0) is 74.2. The first-order chi connectivity index (χ1) is 46.3. The molecule has 14 rings (SSSR count). The topological polar surface area (TPSA) is 321 Å². The summed E-state index contributed by atoms with van der Waals surface area (Å²) in [6.45, 7) is 44.5. The number of thiophene rings is 1. The minimum Gasteiger partial charge on any atom is -0.398 e. The van der Waals surface area contributed by atoms with Gasteiger partial charge >= 0.3 is 0 Å². The van der Waals surface area contributed by atoms with Crippen LogP contribution in [0.2, 0.25) is 0 Å². The summed E-state index contributed by atoms with van der Waals surface area (Å²) >= 11 is 3.19. The molecule has 0 aliphatic rings. The van der Waals surface area contributed by atoms with Crippen LogP contribution in [0.5, 0.6) is 0 Å². The minimum atomic E-state index is -0.314. The minimum absolute atomic E-state index is 0.0442. The maximum atomic E-state index is 13.7. The summed E-state index contributed by atoms with van der Waals surface area (Å²) in [5.74, 6) is 0.650. The van der Waals surface area contributed by atoms with Gasteiger partial charge in [-0.1, -0.05) is 104 Å². The molecule has 13 aromatic heterocycles. The van der Waals surface area contributed by atoms with E-state index >= 15 is 0 Å². The Morgan fingerprint density at radius 1 is 0.400 bits per heavy atom. The summed E-state index contributed by atoms with van der Waals surface area (Å²) in [7, 11) is 0. The van der Waals surface area contributed by atoms with Crippen molar-refractivity contribution < 1.29 is 8.78 Å². The summed E-state index contributed by atoms with van der Waals surface area (Å²) in [6, 6.07) is 21.3. The number of nitrogens with zero attached hydrogens (tertiary/aromatic N) is 14. The van der Waals surface area contributed by atoms with Gasteiger partial charge in [0.15, 0.2) is 11.5 Å². The Balaban J connectivity index is 0.000000148. The van der Waals surface area contributed by atoms with Crippen molar-refractivity contribution in [2.45, 2.75) is 184 Å². The predicted octanol–water partition coefficient (Wildman–Crippen LogP) is 16.8. The van der Waals surface area contributed by atoms with E-state index in [1.54, 1.807) is 75.6 Å². The van der Waals surface area contributed by atoms with Gasteiger partial charge in [0.1, 0.15) is 46.0 Å². The monoisotopic (exact) mass is 1400 g/mol. The Bertz CT molecular complexity index is 4620. The van der Waals surface area contributed by atoms with Crippen molar-refractivity contribution in [1.29, 1.82) is 0 Å². The number of fused-ring (bicyclic) bond motifs is 7. The molecule has 0 aliphatic carbocycles. The van der Waals surface area contributed by atoms with Crippen LogP contribution in [0.15, 0.2) is 134 Å². The van der Waals surface area contributed by atoms with Crippen LogP contribution in [0.3, 0.4) is 0 Å². The summed E-state index contributed by atoms with van der Waals surface area (Å²) in [5, 5.41) is 17.5. The quantitative estimate of drug-likeness (QED) is 0.0694. The molecule has 14 aromatic rings. The number of halogens is 2. The van der Waals surface area contributed by atoms with Crippen LogP contribution in [0, 0.1) is 11.6 Å².